The lowest BCUT2D eigenvalue weighted by Crippen LogP contribution is -2.42. The van der Waals surface area contributed by atoms with Crippen LogP contribution in [0.3, 0.4) is 0 Å². The molecule has 2 amide bonds. The fourth-order valence-electron chi connectivity index (χ4n) is 2.56. The van der Waals surface area contributed by atoms with E-state index in [1.165, 1.54) is 4.90 Å². The average Bonchev–Trinajstić information content (AvgIpc) is 2.59. The van der Waals surface area contributed by atoms with Gasteiger partial charge in [-0.1, -0.05) is 6.07 Å². The zero-order valence-corrected chi connectivity index (χ0v) is 13.7. The molecule has 0 bridgehead atoms. The predicted octanol–water partition coefficient (Wildman–Crippen LogP) is 2.69. The fourth-order valence-corrected chi connectivity index (χ4v) is 2.56. The van der Waals surface area contributed by atoms with Gasteiger partial charge >= 0.3 is 0 Å². The van der Waals surface area contributed by atoms with Gasteiger partial charge < -0.3 is 19.7 Å². The SMILES string of the molecule is COc1cccc(NC(=O)c2ccc3c(c2)OC(C)C(=O)N3C)c1. The van der Waals surface area contributed by atoms with Crippen molar-refractivity contribution in [3.63, 3.8) is 0 Å². The Labute approximate surface area is 140 Å². The molecular formula is C18H18N2O4. The highest BCUT2D eigenvalue weighted by atomic mass is 16.5. The van der Waals surface area contributed by atoms with E-state index in [4.69, 9.17) is 9.47 Å². The maximum atomic E-state index is 12.4. The summed E-state index contributed by atoms with van der Waals surface area (Å²) in [6.07, 6.45) is -0.570. The summed E-state index contributed by atoms with van der Waals surface area (Å²) in [4.78, 5) is 25.9. The first-order chi connectivity index (χ1) is 11.5. The number of nitrogens with zero attached hydrogens (tertiary/aromatic N) is 1. The lowest BCUT2D eigenvalue weighted by molar-refractivity contribution is -0.125. The number of ether oxygens (including phenoxy) is 2. The summed E-state index contributed by atoms with van der Waals surface area (Å²) < 4.78 is 10.7. The second-order valence-electron chi connectivity index (χ2n) is 5.53. The van der Waals surface area contributed by atoms with E-state index in [0.717, 1.165) is 0 Å². The number of anilines is 2. The second-order valence-corrected chi connectivity index (χ2v) is 5.53. The summed E-state index contributed by atoms with van der Waals surface area (Å²) in [6.45, 7) is 1.69. The lowest BCUT2D eigenvalue weighted by atomic mass is 10.1. The van der Waals surface area contributed by atoms with Crippen molar-refractivity contribution in [1.82, 2.24) is 0 Å². The van der Waals surface area contributed by atoms with Crippen LogP contribution in [0.4, 0.5) is 11.4 Å². The lowest BCUT2D eigenvalue weighted by Gasteiger charge is -2.30. The van der Waals surface area contributed by atoms with Gasteiger partial charge in [0.25, 0.3) is 11.8 Å². The number of amides is 2. The van der Waals surface area contributed by atoms with Crippen molar-refractivity contribution in [2.24, 2.45) is 0 Å². The van der Waals surface area contributed by atoms with Gasteiger partial charge in [-0.15, -0.1) is 0 Å². The molecule has 0 saturated heterocycles. The largest absolute Gasteiger partial charge is 0.497 e. The highest BCUT2D eigenvalue weighted by Crippen LogP contribution is 2.34. The predicted molar refractivity (Wildman–Crippen MR) is 90.9 cm³/mol. The van der Waals surface area contributed by atoms with Gasteiger partial charge in [-0.3, -0.25) is 9.59 Å². The van der Waals surface area contributed by atoms with Crippen molar-refractivity contribution in [3.05, 3.63) is 48.0 Å². The van der Waals surface area contributed by atoms with Gasteiger partial charge in [-0.2, -0.15) is 0 Å². The number of fused-ring (bicyclic) bond motifs is 1. The van der Waals surface area contributed by atoms with Crippen LogP contribution in [0.15, 0.2) is 42.5 Å². The first kappa shape index (κ1) is 15.9. The highest BCUT2D eigenvalue weighted by molar-refractivity contribution is 6.06. The van der Waals surface area contributed by atoms with E-state index in [1.807, 2.05) is 0 Å². The normalized spacial score (nSPS) is 16.2. The Hall–Kier alpha value is -3.02. The van der Waals surface area contributed by atoms with Crippen LogP contribution in [-0.2, 0) is 4.79 Å². The van der Waals surface area contributed by atoms with Crippen molar-refractivity contribution in [2.75, 3.05) is 24.4 Å². The zero-order chi connectivity index (χ0) is 17.3. The molecule has 0 fully saturated rings. The molecular weight excluding hydrogens is 308 g/mol. The quantitative estimate of drug-likeness (QED) is 0.941. The summed E-state index contributed by atoms with van der Waals surface area (Å²) in [6, 6.07) is 12.1. The Morgan fingerprint density at radius 3 is 2.79 bits per heavy atom. The zero-order valence-electron chi connectivity index (χ0n) is 13.7. The molecule has 1 aliphatic rings. The number of carbonyl (C=O) groups is 2. The van der Waals surface area contributed by atoms with E-state index in [1.54, 1.807) is 63.5 Å². The van der Waals surface area contributed by atoms with Crippen molar-refractivity contribution in [2.45, 2.75) is 13.0 Å². The van der Waals surface area contributed by atoms with Gasteiger partial charge in [-0.25, -0.2) is 0 Å². The van der Waals surface area contributed by atoms with Crippen LogP contribution in [0.25, 0.3) is 0 Å². The number of hydrogen-bond acceptors (Lipinski definition) is 4. The average molecular weight is 326 g/mol. The number of carbonyl (C=O) groups excluding carboxylic acids is 2. The Kier molecular flexibility index (Phi) is 4.12. The van der Waals surface area contributed by atoms with E-state index in [9.17, 15) is 9.59 Å². The molecule has 3 rings (SSSR count). The Bertz CT molecular complexity index is 803. The summed E-state index contributed by atoms with van der Waals surface area (Å²) >= 11 is 0. The minimum absolute atomic E-state index is 0.115. The number of benzene rings is 2. The van der Waals surface area contributed by atoms with Crippen LogP contribution >= 0.6 is 0 Å². The number of methoxy groups -OCH3 is 1. The molecule has 1 atom stereocenters. The molecule has 124 valence electrons. The summed E-state index contributed by atoms with van der Waals surface area (Å²) in [5.74, 6) is 0.802. The fraction of sp³-hybridized carbons (Fsp3) is 0.222. The van der Waals surface area contributed by atoms with Gasteiger partial charge in [-0.05, 0) is 37.3 Å². The summed E-state index contributed by atoms with van der Waals surface area (Å²) in [5.41, 5.74) is 1.74. The van der Waals surface area contributed by atoms with E-state index in [-0.39, 0.29) is 11.8 Å². The third kappa shape index (κ3) is 2.90. The van der Waals surface area contributed by atoms with Crippen molar-refractivity contribution in [1.29, 1.82) is 0 Å². The minimum atomic E-state index is -0.570. The molecule has 1 heterocycles. The number of likely N-dealkylation sites (N-methyl/N-ethyl adjacent to an activating group) is 1. The maximum Gasteiger partial charge on any atom is 0.267 e. The molecule has 1 N–H and O–H groups in total. The number of rotatable bonds is 3. The van der Waals surface area contributed by atoms with Crippen molar-refractivity contribution < 1.29 is 19.1 Å². The molecule has 2 aromatic carbocycles. The minimum Gasteiger partial charge on any atom is -0.497 e. The van der Waals surface area contributed by atoms with Crippen LogP contribution in [-0.4, -0.2) is 32.1 Å². The maximum absolute atomic E-state index is 12.4. The molecule has 24 heavy (non-hydrogen) atoms. The summed E-state index contributed by atoms with van der Waals surface area (Å²) in [7, 11) is 3.26. The number of hydrogen-bond donors (Lipinski definition) is 1. The molecule has 0 radical (unpaired) electrons. The van der Waals surface area contributed by atoms with E-state index in [0.29, 0.717) is 28.4 Å². The van der Waals surface area contributed by atoms with Gasteiger partial charge in [0.2, 0.25) is 0 Å². The van der Waals surface area contributed by atoms with Crippen LogP contribution in [0.5, 0.6) is 11.5 Å². The van der Waals surface area contributed by atoms with Crippen molar-refractivity contribution >= 4 is 23.2 Å². The molecule has 0 aliphatic carbocycles. The first-order valence-corrected chi connectivity index (χ1v) is 7.53. The van der Waals surface area contributed by atoms with E-state index >= 15 is 0 Å². The molecule has 1 unspecified atom stereocenters. The Morgan fingerprint density at radius 1 is 1.25 bits per heavy atom. The molecule has 6 nitrogen and oxygen atoms in total. The van der Waals surface area contributed by atoms with E-state index < -0.39 is 6.10 Å². The highest BCUT2D eigenvalue weighted by Gasteiger charge is 2.29. The van der Waals surface area contributed by atoms with Crippen molar-refractivity contribution in [3.8, 4) is 11.5 Å². The molecule has 2 aromatic rings. The van der Waals surface area contributed by atoms with Gasteiger partial charge in [0.05, 0.1) is 12.8 Å². The third-order valence-electron chi connectivity index (χ3n) is 3.89. The Morgan fingerprint density at radius 2 is 2.04 bits per heavy atom. The van der Waals surface area contributed by atoms with Gasteiger partial charge in [0.15, 0.2) is 6.10 Å². The topological polar surface area (TPSA) is 67.9 Å². The monoisotopic (exact) mass is 326 g/mol. The van der Waals surface area contributed by atoms with E-state index in [2.05, 4.69) is 5.32 Å². The molecule has 0 spiro atoms. The van der Waals surface area contributed by atoms with Gasteiger partial charge in [0, 0.05) is 24.4 Å². The molecule has 0 saturated carbocycles. The first-order valence-electron chi connectivity index (χ1n) is 7.53. The van der Waals surface area contributed by atoms with Crippen LogP contribution in [0.1, 0.15) is 17.3 Å². The summed E-state index contributed by atoms with van der Waals surface area (Å²) in [5, 5.41) is 2.82. The Balaban J connectivity index is 1.84. The molecule has 1 aliphatic heterocycles. The number of nitrogens with one attached hydrogen (secondary N) is 1. The third-order valence-corrected chi connectivity index (χ3v) is 3.89. The standard InChI is InChI=1S/C18H18N2O4/c1-11-18(22)20(2)15-8-7-12(9-16(15)24-11)17(21)19-13-5-4-6-14(10-13)23-3/h4-11H,1-3H3,(H,19,21). The molecule has 0 aromatic heterocycles. The molecule has 6 heteroatoms. The van der Waals surface area contributed by atoms with Crippen LogP contribution in [0.2, 0.25) is 0 Å². The van der Waals surface area contributed by atoms with Crippen LogP contribution in [0, 0.1) is 0 Å². The second kappa shape index (κ2) is 6.23. The smallest absolute Gasteiger partial charge is 0.267 e. The van der Waals surface area contributed by atoms with Crippen LogP contribution < -0.4 is 19.7 Å². The van der Waals surface area contributed by atoms with Gasteiger partial charge in [0.1, 0.15) is 11.5 Å².